The van der Waals surface area contributed by atoms with Crippen LogP contribution in [0.1, 0.15) is 31.7 Å². The molecule has 18 heavy (non-hydrogen) atoms. The Kier molecular flexibility index (Phi) is 6.29. The number of benzene rings is 1. The number of aliphatic carboxylic acids is 1. The second-order valence-corrected chi connectivity index (χ2v) is 4.32. The Bertz CT molecular complexity index is 427. The minimum absolute atomic E-state index is 0.499. The molecule has 0 atom stereocenters. The van der Waals surface area contributed by atoms with Gasteiger partial charge in [-0.05, 0) is 30.2 Å². The van der Waals surface area contributed by atoms with Gasteiger partial charge in [-0.3, -0.25) is 0 Å². The smallest absolute Gasteiger partial charge is 0.328 e. The van der Waals surface area contributed by atoms with Crippen LogP contribution in [-0.4, -0.2) is 17.7 Å². The monoisotopic (exact) mass is 268 g/mol. The average molecular weight is 269 g/mol. The molecule has 0 aliphatic rings. The van der Waals surface area contributed by atoms with Crippen LogP contribution >= 0.6 is 11.6 Å². The van der Waals surface area contributed by atoms with Gasteiger partial charge >= 0.3 is 5.97 Å². The molecule has 0 aliphatic heterocycles. The topological polar surface area (TPSA) is 46.5 Å². The first kappa shape index (κ1) is 14.6. The summed E-state index contributed by atoms with van der Waals surface area (Å²) in [6.07, 6.45) is 5.86. The molecule has 0 bridgehead atoms. The van der Waals surface area contributed by atoms with Crippen LogP contribution in [0.5, 0.6) is 5.75 Å². The zero-order valence-electron chi connectivity index (χ0n) is 10.4. The molecule has 0 unspecified atom stereocenters. The zero-order chi connectivity index (χ0) is 13.4. The second-order valence-electron chi connectivity index (χ2n) is 3.92. The number of ether oxygens (including phenoxy) is 1. The lowest BCUT2D eigenvalue weighted by Crippen LogP contribution is -1.97. The van der Waals surface area contributed by atoms with Crippen molar-refractivity contribution < 1.29 is 14.6 Å². The number of hydrogen-bond donors (Lipinski definition) is 1. The summed E-state index contributed by atoms with van der Waals surface area (Å²) < 4.78 is 5.55. The molecule has 0 spiro atoms. The highest BCUT2D eigenvalue weighted by atomic mass is 35.5. The quantitative estimate of drug-likeness (QED) is 0.600. The fourth-order valence-electron chi connectivity index (χ4n) is 1.44. The number of carboxylic acids is 1. The van der Waals surface area contributed by atoms with Crippen LogP contribution in [0.15, 0.2) is 24.3 Å². The highest BCUT2D eigenvalue weighted by Crippen LogP contribution is 2.26. The first-order valence-corrected chi connectivity index (χ1v) is 6.34. The average Bonchev–Trinajstić information content (AvgIpc) is 2.34. The molecule has 1 aromatic rings. The van der Waals surface area contributed by atoms with Gasteiger partial charge in [-0.15, -0.1) is 0 Å². The van der Waals surface area contributed by atoms with Crippen molar-refractivity contribution in [3.05, 3.63) is 34.9 Å². The molecule has 0 heterocycles. The largest absolute Gasteiger partial charge is 0.492 e. The van der Waals surface area contributed by atoms with E-state index in [0.717, 1.165) is 30.9 Å². The molecule has 0 saturated carbocycles. The maximum absolute atomic E-state index is 10.4. The van der Waals surface area contributed by atoms with Crippen LogP contribution in [0.2, 0.25) is 5.02 Å². The first-order valence-electron chi connectivity index (χ1n) is 5.97. The summed E-state index contributed by atoms with van der Waals surface area (Å²) in [5.41, 5.74) is 0.739. The third-order valence-electron chi connectivity index (χ3n) is 2.38. The molecule has 1 rings (SSSR count). The van der Waals surface area contributed by atoms with Gasteiger partial charge in [-0.1, -0.05) is 37.4 Å². The Morgan fingerprint density at radius 3 is 2.83 bits per heavy atom. The van der Waals surface area contributed by atoms with Gasteiger partial charge < -0.3 is 9.84 Å². The van der Waals surface area contributed by atoms with E-state index in [4.69, 9.17) is 21.4 Å². The highest BCUT2D eigenvalue weighted by Gasteiger charge is 2.02. The Morgan fingerprint density at radius 1 is 1.44 bits per heavy atom. The van der Waals surface area contributed by atoms with E-state index in [-0.39, 0.29) is 0 Å². The molecule has 4 heteroatoms. The second kappa shape index (κ2) is 7.77. The van der Waals surface area contributed by atoms with Crippen molar-refractivity contribution in [3.8, 4) is 5.75 Å². The van der Waals surface area contributed by atoms with Crippen molar-refractivity contribution in [1.29, 1.82) is 0 Å². The Morgan fingerprint density at radius 2 is 2.22 bits per heavy atom. The molecule has 0 fully saturated rings. The Hall–Kier alpha value is -1.48. The third kappa shape index (κ3) is 5.23. The van der Waals surface area contributed by atoms with Gasteiger partial charge in [0, 0.05) is 6.08 Å². The van der Waals surface area contributed by atoms with E-state index in [0.29, 0.717) is 17.4 Å². The lowest BCUT2D eigenvalue weighted by molar-refractivity contribution is -0.131. The summed E-state index contributed by atoms with van der Waals surface area (Å²) in [4.78, 5) is 10.4. The van der Waals surface area contributed by atoms with Crippen molar-refractivity contribution in [3.63, 3.8) is 0 Å². The normalized spacial score (nSPS) is 10.8. The van der Waals surface area contributed by atoms with Crippen LogP contribution < -0.4 is 4.74 Å². The van der Waals surface area contributed by atoms with E-state index in [1.807, 2.05) is 0 Å². The van der Waals surface area contributed by atoms with Gasteiger partial charge in [0.05, 0.1) is 11.6 Å². The fraction of sp³-hybridized carbons (Fsp3) is 0.357. The molecule has 98 valence electrons. The standard InChI is InChI=1S/C14H17ClO3/c1-2-3-4-9-18-13-7-5-11(10-12(13)15)6-8-14(16)17/h5-8,10H,2-4,9H2,1H3,(H,16,17). The molecular weight excluding hydrogens is 252 g/mol. The van der Waals surface area contributed by atoms with Crippen LogP contribution in [0.3, 0.4) is 0 Å². The summed E-state index contributed by atoms with van der Waals surface area (Å²) >= 11 is 6.05. The third-order valence-corrected chi connectivity index (χ3v) is 2.68. The predicted molar refractivity (Wildman–Crippen MR) is 73.1 cm³/mol. The van der Waals surface area contributed by atoms with E-state index >= 15 is 0 Å². The maximum Gasteiger partial charge on any atom is 0.328 e. The number of unbranched alkanes of at least 4 members (excludes halogenated alkanes) is 2. The van der Waals surface area contributed by atoms with E-state index < -0.39 is 5.97 Å². The number of hydrogen-bond acceptors (Lipinski definition) is 2. The summed E-state index contributed by atoms with van der Waals surface area (Å²) in [6.45, 7) is 2.79. The molecule has 0 aliphatic carbocycles. The highest BCUT2D eigenvalue weighted by molar-refractivity contribution is 6.32. The SMILES string of the molecule is CCCCCOc1ccc(C=CC(=O)O)cc1Cl. The fourth-order valence-corrected chi connectivity index (χ4v) is 1.68. The van der Waals surface area contributed by atoms with Crippen molar-refractivity contribution in [2.45, 2.75) is 26.2 Å². The van der Waals surface area contributed by atoms with E-state index in [1.54, 1.807) is 18.2 Å². The maximum atomic E-state index is 10.4. The van der Waals surface area contributed by atoms with Gasteiger partial charge in [-0.25, -0.2) is 4.79 Å². The Labute approximate surface area is 112 Å². The summed E-state index contributed by atoms with van der Waals surface area (Å²) in [5.74, 6) is -0.341. The summed E-state index contributed by atoms with van der Waals surface area (Å²) in [7, 11) is 0. The molecule has 0 saturated heterocycles. The van der Waals surface area contributed by atoms with Gasteiger partial charge in [0.2, 0.25) is 0 Å². The summed E-state index contributed by atoms with van der Waals surface area (Å²) in [6, 6.07) is 5.23. The van der Waals surface area contributed by atoms with Gasteiger partial charge in [0.15, 0.2) is 0 Å². The minimum Gasteiger partial charge on any atom is -0.492 e. The zero-order valence-corrected chi connectivity index (χ0v) is 11.1. The number of carboxylic acid groups (broad SMARTS) is 1. The van der Waals surface area contributed by atoms with Gasteiger partial charge in [0.1, 0.15) is 5.75 Å². The molecule has 0 aromatic heterocycles. The Balaban J connectivity index is 2.59. The number of carbonyl (C=O) groups is 1. The number of halogens is 1. The van der Waals surface area contributed by atoms with Crippen molar-refractivity contribution in [2.24, 2.45) is 0 Å². The first-order chi connectivity index (χ1) is 8.63. The van der Waals surface area contributed by atoms with Gasteiger partial charge in [0.25, 0.3) is 0 Å². The van der Waals surface area contributed by atoms with Crippen molar-refractivity contribution >= 4 is 23.6 Å². The minimum atomic E-state index is -0.981. The van der Waals surface area contributed by atoms with Crippen LogP contribution in [0.25, 0.3) is 6.08 Å². The van der Waals surface area contributed by atoms with Crippen LogP contribution in [0, 0.1) is 0 Å². The van der Waals surface area contributed by atoms with Gasteiger partial charge in [-0.2, -0.15) is 0 Å². The molecule has 1 N–H and O–H groups in total. The predicted octanol–water partition coefficient (Wildman–Crippen LogP) is 4.01. The molecular formula is C14H17ClO3. The number of rotatable bonds is 7. The lowest BCUT2D eigenvalue weighted by atomic mass is 10.2. The summed E-state index contributed by atoms with van der Waals surface area (Å²) in [5, 5.41) is 9.02. The molecule has 1 aromatic carbocycles. The van der Waals surface area contributed by atoms with E-state index in [9.17, 15) is 4.79 Å². The molecule has 3 nitrogen and oxygen atoms in total. The van der Waals surface area contributed by atoms with Crippen LogP contribution in [-0.2, 0) is 4.79 Å². The van der Waals surface area contributed by atoms with Crippen LogP contribution in [0.4, 0.5) is 0 Å². The lowest BCUT2D eigenvalue weighted by Gasteiger charge is -2.08. The molecule has 0 radical (unpaired) electrons. The van der Waals surface area contributed by atoms with Crippen molar-refractivity contribution in [2.75, 3.05) is 6.61 Å². The molecule has 0 amide bonds. The van der Waals surface area contributed by atoms with E-state index in [2.05, 4.69) is 6.92 Å². The van der Waals surface area contributed by atoms with Crippen molar-refractivity contribution in [1.82, 2.24) is 0 Å². The van der Waals surface area contributed by atoms with E-state index in [1.165, 1.54) is 6.08 Å².